The maximum absolute atomic E-state index is 11.6. The second-order valence-corrected chi connectivity index (χ2v) is 6.46. The molecule has 2 aliphatic rings. The van der Waals surface area contributed by atoms with E-state index in [0.29, 0.717) is 5.76 Å². The van der Waals surface area contributed by atoms with Crippen LogP contribution in [-0.2, 0) is 14.3 Å². The highest BCUT2D eigenvalue weighted by Gasteiger charge is 2.32. The molecule has 2 rings (SSSR count). The summed E-state index contributed by atoms with van der Waals surface area (Å²) >= 11 is 0. The van der Waals surface area contributed by atoms with Gasteiger partial charge in [0.05, 0.1) is 0 Å². The third kappa shape index (κ3) is 2.58. The van der Waals surface area contributed by atoms with E-state index in [2.05, 4.69) is 4.90 Å². The predicted molar refractivity (Wildman–Crippen MR) is 62.4 cm³/mol. The molecule has 1 atom stereocenters. The summed E-state index contributed by atoms with van der Waals surface area (Å²) in [6.07, 6.45) is 4.32. The van der Waals surface area contributed by atoms with Gasteiger partial charge in [-0.1, -0.05) is 13.8 Å². The molecule has 0 saturated carbocycles. The van der Waals surface area contributed by atoms with Crippen LogP contribution in [0.25, 0.3) is 0 Å². The Kier molecular flexibility index (Phi) is 3.26. The molecule has 0 aromatic heterocycles. The van der Waals surface area contributed by atoms with Crippen LogP contribution in [0.5, 0.6) is 0 Å². The average Bonchev–Trinajstić information content (AvgIpc) is 2.67. The van der Waals surface area contributed by atoms with Gasteiger partial charge in [-0.25, -0.2) is 0 Å². The van der Waals surface area contributed by atoms with E-state index in [-0.39, 0.29) is 17.7 Å². The first-order chi connectivity index (χ1) is 7.48. The van der Waals surface area contributed by atoms with Gasteiger partial charge in [-0.05, 0) is 32.0 Å². The summed E-state index contributed by atoms with van der Waals surface area (Å²) in [7, 11) is -3.37. The van der Waals surface area contributed by atoms with Gasteiger partial charge in [-0.2, -0.15) is 8.42 Å². The van der Waals surface area contributed by atoms with Crippen LogP contribution in [0.3, 0.4) is 0 Å². The molecule has 2 aliphatic heterocycles. The van der Waals surface area contributed by atoms with Crippen molar-refractivity contribution in [3.63, 3.8) is 0 Å². The Balaban J connectivity index is 2.21. The fraction of sp³-hybridized carbons (Fsp3) is 0.818. The molecule has 0 aromatic rings. The maximum Gasteiger partial charge on any atom is 0.310 e. The lowest BCUT2D eigenvalue weighted by Crippen LogP contribution is -2.40. The molecule has 0 N–H and O–H groups in total. The summed E-state index contributed by atoms with van der Waals surface area (Å²) in [6.45, 7) is 5.91. The van der Waals surface area contributed by atoms with Gasteiger partial charge in [0.1, 0.15) is 11.5 Å². The molecule has 2 heterocycles. The Labute approximate surface area is 97.4 Å². The van der Waals surface area contributed by atoms with E-state index in [1.54, 1.807) is 0 Å². The molecule has 0 radical (unpaired) electrons. The lowest BCUT2D eigenvalue weighted by molar-refractivity contribution is 0.266. The highest BCUT2D eigenvalue weighted by atomic mass is 32.2. The zero-order chi connectivity index (χ0) is 11.8. The summed E-state index contributed by atoms with van der Waals surface area (Å²) in [6, 6.07) is 0.0126. The van der Waals surface area contributed by atoms with E-state index < -0.39 is 10.1 Å². The molecule has 0 amide bonds. The van der Waals surface area contributed by atoms with Gasteiger partial charge in [-0.15, -0.1) is 0 Å². The van der Waals surface area contributed by atoms with Gasteiger partial charge < -0.3 is 4.18 Å². The molecule has 0 aromatic carbocycles. The lowest BCUT2D eigenvalue weighted by atomic mass is 10.1. The number of hydrogen-bond donors (Lipinski definition) is 0. The predicted octanol–water partition coefficient (Wildman–Crippen LogP) is 1.35. The number of allylic oxidation sites excluding steroid dienone is 1. The van der Waals surface area contributed by atoms with Crippen molar-refractivity contribution in [3.8, 4) is 0 Å². The standard InChI is InChI=1S/C11H19NO3S/c1-9(2)11-7-10(8-16(13,14)15-11)12-5-3-4-6-12/h7,9-10H,3-6,8H2,1-2H3. The van der Waals surface area contributed by atoms with Gasteiger partial charge >= 0.3 is 10.1 Å². The van der Waals surface area contributed by atoms with Crippen LogP contribution in [0.4, 0.5) is 0 Å². The van der Waals surface area contributed by atoms with Gasteiger partial charge in [0, 0.05) is 12.0 Å². The normalized spacial score (nSPS) is 30.2. The zero-order valence-electron chi connectivity index (χ0n) is 9.85. The van der Waals surface area contributed by atoms with Crippen molar-refractivity contribution in [2.45, 2.75) is 32.7 Å². The van der Waals surface area contributed by atoms with Crippen molar-refractivity contribution in [2.24, 2.45) is 5.92 Å². The second kappa shape index (κ2) is 4.37. The van der Waals surface area contributed by atoms with Gasteiger partial charge in [0.2, 0.25) is 0 Å². The average molecular weight is 245 g/mol. The van der Waals surface area contributed by atoms with Crippen LogP contribution >= 0.6 is 0 Å². The molecule has 0 spiro atoms. The van der Waals surface area contributed by atoms with Gasteiger partial charge in [0.25, 0.3) is 0 Å². The van der Waals surface area contributed by atoms with Crippen molar-refractivity contribution in [2.75, 3.05) is 18.8 Å². The summed E-state index contributed by atoms with van der Waals surface area (Å²) in [5.41, 5.74) is 0. The maximum atomic E-state index is 11.6. The van der Waals surface area contributed by atoms with Crippen LogP contribution < -0.4 is 0 Å². The third-order valence-corrected chi connectivity index (χ3v) is 4.33. The SMILES string of the molecule is CC(C)C1=CC(N2CCCC2)CS(=O)(=O)O1. The molecule has 92 valence electrons. The molecule has 0 bridgehead atoms. The molecular weight excluding hydrogens is 226 g/mol. The fourth-order valence-corrected chi connectivity index (χ4v) is 3.56. The van der Waals surface area contributed by atoms with Crippen molar-refractivity contribution in [3.05, 3.63) is 11.8 Å². The van der Waals surface area contributed by atoms with Crippen LogP contribution in [0, 0.1) is 5.92 Å². The van der Waals surface area contributed by atoms with Gasteiger partial charge in [0.15, 0.2) is 0 Å². The van der Waals surface area contributed by atoms with E-state index in [1.807, 2.05) is 19.9 Å². The Morgan fingerprint density at radius 2 is 2.00 bits per heavy atom. The number of hydrogen-bond acceptors (Lipinski definition) is 4. The highest BCUT2D eigenvalue weighted by Crippen LogP contribution is 2.25. The first-order valence-electron chi connectivity index (χ1n) is 5.86. The molecule has 0 aliphatic carbocycles. The number of nitrogens with zero attached hydrogens (tertiary/aromatic N) is 1. The smallest absolute Gasteiger partial charge is 0.310 e. The third-order valence-electron chi connectivity index (χ3n) is 3.13. The van der Waals surface area contributed by atoms with Gasteiger partial charge in [-0.3, -0.25) is 4.90 Å². The van der Waals surface area contributed by atoms with E-state index >= 15 is 0 Å². The minimum absolute atomic E-state index is 0.0126. The van der Waals surface area contributed by atoms with Crippen LogP contribution in [0.2, 0.25) is 0 Å². The number of likely N-dealkylation sites (tertiary alicyclic amines) is 1. The monoisotopic (exact) mass is 245 g/mol. The Hall–Kier alpha value is -0.550. The summed E-state index contributed by atoms with van der Waals surface area (Å²) < 4.78 is 28.3. The summed E-state index contributed by atoms with van der Waals surface area (Å²) in [5.74, 6) is 0.826. The Bertz CT molecular complexity index is 380. The Morgan fingerprint density at radius 3 is 2.56 bits per heavy atom. The lowest BCUT2D eigenvalue weighted by Gasteiger charge is -2.29. The van der Waals surface area contributed by atoms with E-state index in [1.165, 1.54) is 12.8 Å². The van der Waals surface area contributed by atoms with Crippen molar-refractivity contribution >= 4 is 10.1 Å². The fourth-order valence-electron chi connectivity index (χ4n) is 2.23. The molecule has 16 heavy (non-hydrogen) atoms. The quantitative estimate of drug-likeness (QED) is 0.689. The first-order valence-corrected chi connectivity index (χ1v) is 7.43. The minimum Gasteiger partial charge on any atom is -0.387 e. The second-order valence-electron chi connectivity index (χ2n) is 4.84. The van der Waals surface area contributed by atoms with Crippen molar-refractivity contribution in [1.29, 1.82) is 0 Å². The minimum atomic E-state index is -3.37. The molecule has 4 nitrogen and oxygen atoms in total. The van der Waals surface area contributed by atoms with Crippen molar-refractivity contribution in [1.82, 2.24) is 4.90 Å². The van der Waals surface area contributed by atoms with Crippen LogP contribution in [-0.4, -0.2) is 38.2 Å². The van der Waals surface area contributed by atoms with E-state index in [0.717, 1.165) is 13.1 Å². The highest BCUT2D eigenvalue weighted by molar-refractivity contribution is 7.86. The first kappa shape index (κ1) is 11.9. The van der Waals surface area contributed by atoms with E-state index in [9.17, 15) is 8.42 Å². The largest absolute Gasteiger partial charge is 0.387 e. The summed E-state index contributed by atoms with van der Waals surface area (Å²) in [4.78, 5) is 2.24. The van der Waals surface area contributed by atoms with E-state index in [4.69, 9.17) is 4.18 Å². The number of rotatable bonds is 2. The molecule has 1 unspecified atom stereocenters. The molecule has 5 heteroatoms. The zero-order valence-corrected chi connectivity index (χ0v) is 10.7. The van der Waals surface area contributed by atoms with Crippen molar-refractivity contribution < 1.29 is 12.6 Å². The van der Waals surface area contributed by atoms with Crippen LogP contribution in [0.15, 0.2) is 11.8 Å². The molecule has 1 saturated heterocycles. The molecular formula is C11H19NO3S. The summed E-state index contributed by atoms with van der Waals surface area (Å²) in [5, 5.41) is 0. The molecule has 1 fully saturated rings. The van der Waals surface area contributed by atoms with Crippen LogP contribution in [0.1, 0.15) is 26.7 Å². The Morgan fingerprint density at radius 1 is 1.38 bits per heavy atom. The topological polar surface area (TPSA) is 46.6 Å².